The quantitative estimate of drug-likeness (QED) is 0.662. The second-order valence-corrected chi connectivity index (χ2v) is 5.15. The zero-order valence-corrected chi connectivity index (χ0v) is 12.0. The number of likely N-dealkylation sites (tertiary alicyclic amines) is 1. The molecule has 0 spiro atoms. The number of benzene rings is 1. The lowest BCUT2D eigenvalue weighted by atomic mass is 10.0. The molecule has 110 valence electrons. The molecule has 1 atom stereocenters. The van der Waals surface area contributed by atoms with Crippen molar-refractivity contribution < 1.29 is 9.66 Å². The topological polar surface area (TPSA) is 67.6 Å². The summed E-state index contributed by atoms with van der Waals surface area (Å²) >= 11 is 0. The van der Waals surface area contributed by atoms with Gasteiger partial charge < -0.3 is 15.0 Å². The minimum Gasteiger partial charge on any atom is -0.490 e. The van der Waals surface area contributed by atoms with Crippen LogP contribution in [0.25, 0.3) is 0 Å². The standard InChI is InChI=1S/C14H21N3O3/c1-16-8-4-3-5-12(16)10-15-11-6-7-13(17(18)19)14(9-11)20-2/h6-7,9,12,15H,3-5,8,10H2,1-2H3. The Morgan fingerprint density at radius 1 is 1.50 bits per heavy atom. The molecule has 0 amide bonds. The first-order chi connectivity index (χ1) is 9.61. The zero-order chi connectivity index (χ0) is 14.5. The number of anilines is 1. The molecule has 20 heavy (non-hydrogen) atoms. The molecule has 1 aliphatic rings. The lowest BCUT2D eigenvalue weighted by molar-refractivity contribution is -0.385. The molecule has 0 aromatic heterocycles. The number of methoxy groups -OCH3 is 1. The van der Waals surface area contributed by atoms with Crippen LogP contribution >= 0.6 is 0 Å². The lowest BCUT2D eigenvalue weighted by Gasteiger charge is -2.32. The molecule has 0 aliphatic carbocycles. The number of nitrogens with zero attached hydrogens (tertiary/aromatic N) is 2. The van der Waals surface area contributed by atoms with Crippen LogP contribution in [0, 0.1) is 10.1 Å². The Hall–Kier alpha value is -1.82. The fourth-order valence-electron chi connectivity index (χ4n) is 2.58. The average molecular weight is 279 g/mol. The number of hydrogen-bond acceptors (Lipinski definition) is 5. The molecular formula is C14H21N3O3. The first kappa shape index (κ1) is 14.6. The van der Waals surface area contributed by atoms with Gasteiger partial charge in [0.25, 0.3) is 0 Å². The Bertz CT molecular complexity index is 479. The molecule has 6 nitrogen and oxygen atoms in total. The van der Waals surface area contributed by atoms with E-state index in [4.69, 9.17) is 4.74 Å². The Kier molecular flexibility index (Phi) is 4.79. The van der Waals surface area contributed by atoms with Crippen molar-refractivity contribution in [1.82, 2.24) is 4.90 Å². The van der Waals surface area contributed by atoms with Crippen LogP contribution in [0.2, 0.25) is 0 Å². The molecule has 6 heteroatoms. The maximum Gasteiger partial charge on any atom is 0.311 e. The van der Waals surface area contributed by atoms with E-state index in [9.17, 15) is 10.1 Å². The SMILES string of the molecule is COc1cc(NCC2CCCCN2C)ccc1[N+](=O)[O-]. The lowest BCUT2D eigenvalue weighted by Crippen LogP contribution is -2.40. The second kappa shape index (κ2) is 6.56. The molecule has 1 saturated heterocycles. The Morgan fingerprint density at radius 2 is 2.30 bits per heavy atom. The number of nitrogens with one attached hydrogen (secondary N) is 1. The van der Waals surface area contributed by atoms with Crippen LogP contribution in [-0.2, 0) is 0 Å². The van der Waals surface area contributed by atoms with Crippen molar-refractivity contribution in [3.8, 4) is 5.75 Å². The summed E-state index contributed by atoms with van der Waals surface area (Å²) in [6, 6.07) is 5.40. The van der Waals surface area contributed by atoms with Crippen LogP contribution in [0.15, 0.2) is 18.2 Å². The van der Waals surface area contributed by atoms with Gasteiger partial charge in [-0.1, -0.05) is 6.42 Å². The predicted molar refractivity (Wildman–Crippen MR) is 78.4 cm³/mol. The van der Waals surface area contributed by atoms with Gasteiger partial charge in [0.2, 0.25) is 0 Å². The van der Waals surface area contributed by atoms with E-state index in [0.29, 0.717) is 6.04 Å². The monoisotopic (exact) mass is 279 g/mol. The van der Waals surface area contributed by atoms with Gasteiger partial charge >= 0.3 is 5.69 Å². The van der Waals surface area contributed by atoms with Crippen LogP contribution < -0.4 is 10.1 Å². The van der Waals surface area contributed by atoms with Gasteiger partial charge in [-0.05, 0) is 32.5 Å². The fraction of sp³-hybridized carbons (Fsp3) is 0.571. The first-order valence-corrected chi connectivity index (χ1v) is 6.88. The maximum atomic E-state index is 10.8. The molecule has 0 radical (unpaired) electrons. The molecule has 0 saturated carbocycles. The van der Waals surface area contributed by atoms with E-state index in [1.54, 1.807) is 12.1 Å². The van der Waals surface area contributed by atoms with Crippen molar-refractivity contribution in [1.29, 1.82) is 0 Å². The molecule has 1 N–H and O–H groups in total. The molecule has 1 heterocycles. The minimum atomic E-state index is -0.433. The highest BCUT2D eigenvalue weighted by Crippen LogP contribution is 2.29. The van der Waals surface area contributed by atoms with Crippen LogP contribution in [0.4, 0.5) is 11.4 Å². The van der Waals surface area contributed by atoms with Gasteiger partial charge in [-0.25, -0.2) is 0 Å². The van der Waals surface area contributed by atoms with E-state index in [2.05, 4.69) is 17.3 Å². The summed E-state index contributed by atoms with van der Waals surface area (Å²) in [6.07, 6.45) is 3.71. The van der Waals surface area contributed by atoms with Crippen LogP contribution in [0.3, 0.4) is 0 Å². The highest BCUT2D eigenvalue weighted by molar-refractivity contribution is 5.58. The predicted octanol–water partition coefficient (Wildman–Crippen LogP) is 2.50. The van der Waals surface area contributed by atoms with Crippen molar-refractivity contribution in [2.24, 2.45) is 0 Å². The summed E-state index contributed by atoms with van der Waals surface area (Å²) in [4.78, 5) is 12.8. The maximum absolute atomic E-state index is 10.8. The summed E-state index contributed by atoms with van der Waals surface area (Å²) < 4.78 is 5.07. The normalized spacial score (nSPS) is 19.6. The van der Waals surface area contributed by atoms with E-state index in [-0.39, 0.29) is 11.4 Å². The minimum absolute atomic E-state index is 0.00663. The zero-order valence-electron chi connectivity index (χ0n) is 12.0. The number of nitro groups is 1. The van der Waals surface area contributed by atoms with Gasteiger partial charge in [-0.3, -0.25) is 10.1 Å². The van der Waals surface area contributed by atoms with Crippen molar-refractivity contribution in [3.63, 3.8) is 0 Å². The summed E-state index contributed by atoms with van der Waals surface area (Å²) in [6.45, 7) is 1.98. The second-order valence-electron chi connectivity index (χ2n) is 5.15. The van der Waals surface area contributed by atoms with Gasteiger partial charge in [-0.15, -0.1) is 0 Å². The Balaban J connectivity index is 2.01. The summed E-state index contributed by atoms with van der Waals surface area (Å²) in [5, 5.41) is 14.2. The van der Waals surface area contributed by atoms with E-state index < -0.39 is 4.92 Å². The highest BCUT2D eigenvalue weighted by atomic mass is 16.6. The van der Waals surface area contributed by atoms with E-state index in [0.717, 1.165) is 18.8 Å². The third-order valence-electron chi connectivity index (χ3n) is 3.84. The van der Waals surface area contributed by atoms with Gasteiger partial charge in [0.05, 0.1) is 12.0 Å². The van der Waals surface area contributed by atoms with Crippen molar-refractivity contribution in [2.75, 3.05) is 32.6 Å². The molecule has 2 rings (SSSR count). The van der Waals surface area contributed by atoms with Crippen LogP contribution in [-0.4, -0.2) is 43.1 Å². The molecule has 1 aromatic rings. The molecule has 0 bridgehead atoms. The third-order valence-corrected chi connectivity index (χ3v) is 3.84. The number of hydrogen-bond donors (Lipinski definition) is 1. The Morgan fingerprint density at radius 3 is 2.95 bits per heavy atom. The molecule has 1 aliphatic heterocycles. The van der Waals surface area contributed by atoms with Gasteiger partial charge in [-0.2, -0.15) is 0 Å². The van der Waals surface area contributed by atoms with E-state index >= 15 is 0 Å². The van der Waals surface area contributed by atoms with E-state index in [1.807, 2.05) is 0 Å². The highest BCUT2D eigenvalue weighted by Gasteiger charge is 2.19. The summed E-state index contributed by atoms with van der Waals surface area (Å²) in [5.41, 5.74) is 0.847. The number of likely N-dealkylation sites (N-methyl/N-ethyl adjacent to an activating group) is 1. The van der Waals surface area contributed by atoms with Crippen molar-refractivity contribution >= 4 is 11.4 Å². The molecular weight excluding hydrogens is 258 g/mol. The molecule has 1 fully saturated rings. The van der Waals surface area contributed by atoms with Gasteiger partial charge in [0.1, 0.15) is 0 Å². The van der Waals surface area contributed by atoms with Crippen molar-refractivity contribution in [3.05, 3.63) is 28.3 Å². The van der Waals surface area contributed by atoms with Crippen LogP contribution in [0.1, 0.15) is 19.3 Å². The van der Waals surface area contributed by atoms with Gasteiger partial charge in [0, 0.05) is 30.4 Å². The number of piperidine rings is 1. The largest absolute Gasteiger partial charge is 0.490 e. The molecule has 1 aromatic carbocycles. The van der Waals surface area contributed by atoms with Crippen LogP contribution in [0.5, 0.6) is 5.75 Å². The fourth-order valence-corrected chi connectivity index (χ4v) is 2.58. The van der Waals surface area contributed by atoms with Gasteiger partial charge in [0.15, 0.2) is 5.75 Å². The number of rotatable bonds is 5. The Labute approximate surface area is 118 Å². The third kappa shape index (κ3) is 3.39. The first-order valence-electron chi connectivity index (χ1n) is 6.88. The van der Waals surface area contributed by atoms with E-state index in [1.165, 1.54) is 32.4 Å². The number of ether oxygens (including phenoxy) is 1. The van der Waals surface area contributed by atoms with Crippen molar-refractivity contribution in [2.45, 2.75) is 25.3 Å². The summed E-state index contributed by atoms with van der Waals surface area (Å²) in [7, 11) is 3.59. The average Bonchev–Trinajstić information content (AvgIpc) is 2.46. The molecule has 1 unspecified atom stereocenters. The number of nitro benzene ring substituents is 1. The summed E-state index contributed by atoms with van der Waals surface area (Å²) in [5.74, 6) is 0.289. The smallest absolute Gasteiger partial charge is 0.311 e.